The number of alkyl halides is 3. The Bertz CT molecular complexity index is 417. The fourth-order valence-electron chi connectivity index (χ4n) is 1.95. The summed E-state index contributed by atoms with van der Waals surface area (Å²) in [6.07, 6.45) is -2.75. The van der Waals surface area contributed by atoms with E-state index in [1.54, 1.807) is 0 Å². The van der Waals surface area contributed by atoms with Gasteiger partial charge in [0.25, 0.3) is 0 Å². The zero-order valence-electron chi connectivity index (χ0n) is 10.6. The van der Waals surface area contributed by atoms with Gasteiger partial charge in [0.2, 0.25) is 0 Å². The van der Waals surface area contributed by atoms with Crippen molar-refractivity contribution in [2.24, 2.45) is 0 Å². The molecular formula is C13H15F4NOS. The molecule has 0 saturated carbocycles. The minimum atomic E-state index is -4.43. The van der Waals surface area contributed by atoms with Crippen LogP contribution in [0.1, 0.15) is 24.4 Å². The Balaban J connectivity index is 2.02. The molecule has 1 fully saturated rings. The van der Waals surface area contributed by atoms with Gasteiger partial charge >= 0.3 is 6.18 Å². The van der Waals surface area contributed by atoms with E-state index in [1.165, 1.54) is 0 Å². The largest absolute Gasteiger partial charge is 0.408 e. The summed E-state index contributed by atoms with van der Waals surface area (Å²) in [5.74, 6) is -0.553. The minimum Gasteiger partial charge on any atom is -0.380 e. The second kappa shape index (κ2) is 6.78. The van der Waals surface area contributed by atoms with Crippen molar-refractivity contribution in [3.8, 4) is 0 Å². The molecule has 0 radical (unpaired) electrons. The van der Waals surface area contributed by atoms with Crippen molar-refractivity contribution in [2.45, 2.75) is 30.3 Å². The van der Waals surface area contributed by atoms with Crippen LogP contribution < -0.4 is 4.72 Å². The van der Waals surface area contributed by atoms with Crippen LogP contribution >= 0.6 is 11.9 Å². The smallest absolute Gasteiger partial charge is 0.380 e. The molecule has 0 amide bonds. The van der Waals surface area contributed by atoms with Crippen LogP contribution in [0.3, 0.4) is 0 Å². The fourth-order valence-corrected chi connectivity index (χ4v) is 2.99. The van der Waals surface area contributed by atoms with Crippen LogP contribution in [0.25, 0.3) is 0 Å². The molecule has 2 nitrogen and oxygen atoms in total. The zero-order valence-corrected chi connectivity index (χ0v) is 11.4. The predicted octanol–water partition coefficient (Wildman–Crippen LogP) is 3.85. The molecule has 0 aliphatic carbocycles. The summed E-state index contributed by atoms with van der Waals surface area (Å²) in [4.78, 5) is 0. The molecular weight excluding hydrogens is 294 g/mol. The Labute approximate surface area is 119 Å². The van der Waals surface area contributed by atoms with Gasteiger partial charge in [0.1, 0.15) is 11.9 Å². The van der Waals surface area contributed by atoms with E-state index < -0.39 is 18.0 Å². The Hall–Kier alpha value is -0.790. The molecule has 1 aromatic rings. The fraction of sp³-hybridized carbons (Fsp3) is 0.538. The Morgan fingerprint density at radius 3 is 2.50 bits per heavy atom. The van der Waals surface area contributed by atoms with Gasteiger partial charge in [-0.3, -0.25) is 0 Å². The average Bonchev–Trinajstić information content (AvgIpc) is 2.41. The third-order valence-electron chi connectivity index (χ3n) is 3.00. The molecule has 2 rings (SSSR count). The van der Waals surface area contributed by atoms with Crippen molar-refractivity contribution in [3.63, 3.8) is 0 Å². The molecule has 1 aliphatic heterocycles. The molecule has 0 bridgehead atoms. The Morgan fingerprint density at radius 2 is 1.95 bits per heavy atom. The summed E-state index contributed by atoms with van der Waals surface area (Å²) in [5.41, 5.74) is 0.00290. The van der Waals surface area contributed by atoms with Gasteiger partial charge in [-0.1, -0.05) is 24.1 Å². The second-order valence-electron chi connectivity index (χ2n) is 4.60. The van der Waals surface area contributed by atoms with Gasteiger partial charge in [0, 0.05) is 11.9 Å². The van der Waals surface area contributed by atoms with Crippen LogP contribution in [-0.2, 0) is 4.74 Å². The van der Waals surface area contributed by atoms with Gasteiger partial charge in [-0.15, -0.1) is 0 Å². The molecule has 0 aromatic heterocycles. The first-order chi connectivity index (χ1) is 9.47. The van der Waals surface area contributed by atoms with E-state index in [4.69, 9.17) is 4.74 Å². The first-order valence-corrected chi connectivity index (χ1v) is 7.16. The predicted molar refractivity (Wildman–Crippen MR) is 69.8 cm³/mol. The van der Waals surface area contributed by atoms with Gasteiger partial charge in [0.15, 0.2) is 0 Å². The molecule has 1 heterocycles. The molecule has 7 heteroatoms. The summed E-state index contributed by atoms with van der Waals surface area (Å²) >= 11 is 1.04. The number of rotatable bonds is 4. The van der Waals surface area contributed by atoms with Crippen molar-refractivity contribution in [2.75, 3.05) is 13.2 Å². The SMILES string of the molecule is Fc1ccc(C(NSC2CCCOC2)C(F)(F)F)cc1. The molecule has 112 valence electrons. The molecule has 20 heavy (non-hydrogen) atoms. The summed E-state index contributed by atoms with van der Waals surface area (Å²) in [6, 6.07) is 2.56. The highest BCUT2D eigenvalue weighted by molar-refractivity contribution is 7.98. The summed E-state index contributed by atoms with van der Waals surface area (Å²) < 4.78 is 59.7. The minimum absolute atomic E-state index is 0.00290. The monoisotopic (exact) mass is 309 g/mol. The summed E-state index contributed by atoms with van der Waals surface area (Å²) in [6.45, 7) is 1.11. The summed E-state index contributed by atoms with van der Waals surface area (Å²) in [7, 11) is 0. The average molecular weight is 309 g/mol. The highest BCUT2D eigenvalue weighted by atomic mass is 32.2. The van der Waals surface area contributed by atoms with Crippen LogP contribution in [0.5, 0.6) is 0 Å². The molecule has 0 spiro atoms. The summed E-state index contributed by atoms with van der Waals surface area (Å²) in [5, 5.41) is 0.00838. The molecule has 2 unspecified atom stereocenters. The number of halogens is 4. The molecule has 1 aromatic carbocycles. The first-order valence-electron chi connectivity index (χ1n) is 6.28. The van der Waals surface area contributed by atoms with Crippen LogP contribution in [0, 0.1) is 5.82 Å². The Morgan fingerprint density at radius 1 is 1.25 bits per heavy atom. The number of ether oxygens (including phenoxy) is 1. The van der Waals surface area contributed by atoms with Crippen molar-refractivity contribution < 1.29 is 22.3 Å². The second-order valence-corrected chi connectivity index (χ2v) is 5.74. The van der Waals surface area contributed by atoms with Crippen LogP contribution in [-0.4, -0.2) is 24.6 Å². The topological polar surface area (TPSA) is 21.3 Å². The lowest BCUT2D eigenvalue weighted by Gasteiger charge is -2.26. The van der Waals surface area contributed by atoms with Gasteiger partial charge in [-0.25, -0.2) is 9.11 Å². The molecule has 1 saturated heterocycles. The third kappa shape index (κ3) is 4.36. The molecule has 1 aliphatic rings. The standard InChI is InChI=1S/C13H15F4NOS/c14-10-5-3-9(4-6-10)12(13(15,16)17)18-20-11-2-1-7-19-8-11/h3-6,11-12,18H,1-2,7-8H2. The van der Waals surface area contributed by atoms with Gasteiger partial charge in [-0.05, 0) is 30.5 Å². The maximum Gasteiger partial charge on any atom is 0.408 e. The molecule has 1 N–H and O–H groups in total. The lowest BCUT2D eigenvalue weighted by molar-refractivity contribution is -0.152. The highest BCUT2D eigenvalue weighted by Gasteiger charge is 2.41. The van der Waals surface area contributed by atoms with E-state index in [1.807, 2.05) is 0 Å². The van der Waals surface area contributed by atoms with E-state index >= 15 is 0 Å². The lowest BCUT2D eigenvalue weighted by Crippen LogP contribution is -2.33. The third-order valence-corrected chi connectivity index (χ3v) is 4.08. The number of hydrogen-bond acceptors (Lipinski definition) is 3. The van der Waals surface area contributed by atoms with Crippen LogP contribution in [0.2, 0.25) is 0 Å². The maximum absolute atomic E-state index is 13.1. The zero-order chi connectivity index (χ0) is 14.6. The van der Waals surface area contributed by atoms with Crippen molar-refractivity contribution in [1.82, 2.24) is 4.72 Å². The Kier molecular flexibility index (Phi) is 5.29. The quantitative estimate of drug-likeness (QED) is 0.674. The van der Waals surface area contributed by atoms with E-state index in [2.05, 4.69) is 4.72 Å². The number of nitrogens with one attached hydrogen (secondary N) is 1. The van der Waals surface area contributed by atoms with Crippen molar-refractivity contribution >= 4 is 11.9 Å². The van der Waals surface area contributed by atoms with Gasteiger partial charge in [-0.2, -0.15) is 13.2 Å². The van der Waals surface area contributed by atoms with E-state index in [0.29, 0.717) is 13.2 Å². The normalized spacial score (nSPS) is 21.7. The number of benzene rings is 1. The maximum atomic E-state index is 13.1. The van der Waals surface area contributed by atoms with Crippen molar-refractivity contribution in [1.29, 1.82) is 0 Å². The first kappa shape index (κ1) is 15.6. The van der Waals surface area contributed by atoms with Crippen LogP contribution in [0.4, 0.5) is 17.6 Å². The van der Waals surface area contributed by atoms with Crippen molar-refractivity contribution in [3.05, 3.63) is 35.6 Å². The van der Waals surface area contributed by atoms with E-state index in [0.717, 1.165) is 49.1 Å². The number of hydrogen-bond donors (Lipinski definition) is 1. The lowest BCUT2D eigenvalue weighted by atomic mass is 10.1. The van der Waals surface area contributed by atoms with E-state index in [9.17, 15) is 17.6 Å². The van der Waals surface area contributed by atoms with Crippen LogP contribution in [0.15, 0.2) is 24.3 Å². The van der Waals surface area contributed by atoms with Gasteiger partial charge < -0.3 is 4.74 Å². The highest BCUT2D eigenvalue weighted by Crippen LogP contribution is 2.35. The van der Waals surface area contributed by atoms with Gasteiger partial charge in [0.05, 0.1) is 6.61 Å². The molecule has 2 atom stereocenters. The van der Waals surface area contributed by atoms with E-state index in [-0.39, 0.29) is 10.8 Å².